The van der Waals surface area contributed by atoms with Crippen LogP contribution in [0.4, 0.5) is 11.4 Å². The van der Waals surface area contributed by atoms with Crippen molar-refractivity contribution in [3.8, 4) is 5.75 Å². The van der Waals surface area contributed by atoms with E-state index in [2.05, 4.69) is 4.74 Å². The molecule has 0 N–H and O–H groups in total. The molecule has 0 unspecified atom stereocenters. The summed E-state index contributed by atoms with van der Waals surface area (Å²) in [6, 6.07) is 0.701. The second-order valence-corrected chi connectivity index (χ2v) is 3.35. The highest BCUT2D eigenvalue weighted by molar-refractivity contribution is 6.44. The summed E-state index contributed by atoms with van der Waals surface area (Å²) in [5.74, 6) is -0.303. The maximum absolute atomic E-state index is 10.6. The van der Waals surface area contributed by atoms with Crippen LogP contribution in [0.2, 0.25) is 10.0 Å². The Balaban J connectivity index is 3.62. The number of hydrogen-bond acceptors (Lipinski definition) is 5. The van der Waals surface area contributed by atoms with E-state index < -0.39 is 26.2 Å². The highest BCUT2D eigenvalue weighted by Crippen LogP contribution is 2.44. The molecule has 0 amide bonds. The number of nitro groups is 2. The first-order chi connectivity index (χ1) is 7.40. The first-order valence-corrected chi connectivity index (χ1v) is 4.50. The van der Waals surface area contributed by atoms with Crippen molar-refractivity contribution in [2.24, 2.45) is 0 Å². The van der Waals surface area contributed by atoms with Gasteiger partial charge in [0.05, 0.1) is 23.0 Å². The standard InChI is InChI=1S/C7H4Cl2N2O5/c1-16-7-4(11(14)15)2-3(10(12)13)5(8)6(7)9/h2H,1H3. The Hall–Kier alpha value is -1.60. The fourth-order valence-electron chi connectivity index (χ4n) is 1.05. The summed E-state index contributed by atoms with van der Waals surface area (Å²) in [5.41, 5.74) is -1.25. The number of rotatable bonds is 3. The van der Waals surface area contributed by atoms with Crippen molar-refractivity contribution in [2.75, 3.05) is 7.11 Å². The van der Waals surface area contributed by atoms with Gasteiger partial charge in [0, 0.05) is 0 Å². The molecule has 86 valence electrons. The topological polar surface area (TPSA) is 95.5 Å². The SMILES string of the molecule is COc1c([N+](=O)[O-])cc([N+](=O)[O-])c(Cl)c1Cl. The van der Waals surface area contributed by atoms with Crippen LogP contribution in [0.3, 0.4) is 0 Å². The Morgan fingerprint density at radius 1 is 1.12 bits per heavy atom. The minimum absolute atomic E-state index is 0.303. The number of benzene rings is 1. The molecule has 9 heteroatoms. The molecule has 0 aliphatic carbocycles. The van der Waals surface area contributed by atoms with E-state index in [0.29, 0.717) is 6.07 Å². The predicted octanol–water partition coefficient (Wildman–Crippen LogP) is 2.82. The molecule has 1 aromatic rings. The molecule has 0 spiro atoms. The maximum Gasteiger partial charge on any atom is 0.319 e. The zero-order chi connectivity index (χ0) is 12.5. The van der Waals surface area contributed by atoms with Crippen molar-refractivity contribution in [3.63, 3.8) is 0 Å². The second kappa shape index (κ2) is 4.50. The summed E-state index contributed by atoms with van der Waals surface area (Å²) in [7, 11) is 1.15. The van der Waals surface area contributed by atoms with Gasteiger partial charge >= 0.3 is 5.69 Å². The van der Waals surface area contributed by atoms with Gasteiger partial charge in [-0.3, -0.25) is 20.2 Å². The van der Waals surface area contributed by atoms with Crippen LogP contribution in [-0.4, -0.2) is 17.0 Å². The van der Waals surface area contributed by atoms with Gasteiger partial charge in [0.25, 0.3) is 5.69 Å². The fourth-order valence-corrected chi connectivity index (χ4v) is 1.53. The monoisotopic (exact) mass is 266 g/mol. The normalized spacial score (nSPS) is 9.94. The van der Waals surface area contributed by atoms with Crippen molar-refractivity contribution in [1.82, 2.24) is 0 Å². The molecule has 0 aromatic heterocycles. The summed E-state index contributed by atoms with van der Waals surface area (Å²) in [6.07, 6.45) is 0. The summed E-state index contributed by atoms with van der Waals surface area (Å²) >= 11 is 11.2. The lowest BCUT2D eigenvalue weighted by atomic mass is 10.2. The van der Waals surface area contributed by atoms with Crippen molar-refractivity contribution in [1.29, 1.82) is 0 Å². The molecule has 16 heavy (non-hydrogen) atoms. The Morgan fingerprint density at radius 3 is 2.00 bits per heavy atom. The lowest BCUT2D eigenvalue weighted by Crippen LogP contribution is -1.98. The Morgan fingerprint density at radius 2 is 1.62 bits per heavy atom. The van der Waals surface area contributed by atoms with Crippen LogP contribution in [0.15, 0.2) is 6.07 Å². The highest BCUT2D eigenvalue weighted by Gasteiger charge is 2.29. The maximum atomic E-state index is 10.6. The largest absolute Gasteiger partial charge is 0.489 e. The summed E-state index contributed by atoms with van der Waals surface area (Å²) in [6.45, 7) is 0. The van der Waals surface area contributed by atoms with Crippen LogP contribution >= 0.6 is 23.2 Å². The quantitative estimate of drug-likeness (QED) is 0.619. The molecule has 1 rings (SSSR count). The number of methoxy groups -OCH3 is 1. The van der Waals surface area contributed by atoms with Crippen LogP contribution in [0.5, 0.6) is 5.75 Å². The van der Waals surface area contributed by atoms with Gasteiger partial charge in [-0.05, 0) is 0 Å². The number of nitro benzene ring substituents is 2. The molecule has 0 fully saturated rings. The molecule has 0 aliphatic heterocycles. The van der Waals surface area contributed by atoms with E-state index in [0.717, 1.165) is 7.11 Å². The third kappa shape index (κ3) is 2.00. The summed E-state index contributed by atoms with van der Waals surface area (Å²) in [4.78, 5) is 19.5. The second-order valence-electron chi connectivity index (χ2n) is 2.59. The van der Waals surface area contributed by atoms with E-state index in [4.69, 9.17) is 23.2 Å². The predicted molar refractivity (Wildman–Crippen MR) is 56.3 cm³/mol. The van der Waals surface area contributed by atoms with E-state index in [1.807, 2.05) is 0 Å². The minimum atomic E-state index is -0.860. The lowest BCUT2D eigenvalue weighted by Gasteiger charge is -2.05. The van der Waals surface area contributed by atoms with E-state index in [1.165, 1.54) is 0 Å². The van der Waals surface area contributed by atoms with E-state index in [1.54, 1.807) is 0 Å². The van der Waals surface area contributed by atoms with Gasteiger partial charge in [-0.15, -0.1) is 0 Å². The number of hydrogen-bond donors (Lipinski definition) is 0. The molecule has 0 radical (unpaired) electrons. The summed E-state index contributed by atoms with van der Waals surface area (Å²) in [5, 5.41) is 20.4. The zero-order valence-corrected chi connectivity index (χ0v) is 9.28. The van der Waals surface area contributed by atoms with Gasteiger partial charge in [-0.1, -0.05) is 23.2 Å². The number of halogens is 2. The Bertz CT molecular complexity index is 476. The highest BCUT2D eigenvalue weighted by atomic mass is 35.5. The average molecular weight is 267 g/mol. The molecule has 0 heterocycles. The fraction of sp³-hybridized carbons (Fsp3) is 0.143. The number of ether oxygens (including phenoxy) is 1. The average Bonchev–Trinajstić information content (AvgIpc) is 2.20. The molecular formula is C7H4Cl2N2O5. The molecule has 0 saturated heterocycles. The van der Waals surface area contributed by atoms with Crippen molar-refractivity contribution >= 4 is 34.6 Å². The van der Waals surface area contributed by atoms with Gasteiger partial charge in [0.1, 0.15) is 10.0 Å². The van der Waals surface area contributed by atoms with Crippen LogP contribution in [0.1, 0.15) is 0 Å². The zero-order valence-electron chi connectivity index (χ0n) is 7.77. The van der Waals surface area contributed by atoms with Gasteiger partial charge in [0.2, 0.25) is 5.75 Å². The third-order valence-electron chi connectivity index (χ3n) is 1.72. The van der Waals surface area contributed by atoms with E-state index in [-0.39, 0.29) is 10.8 Å². The van der Waals surface area contributed by atoms with Gasteiger partial charge in [-0.2, -0.15) is 0 Å². The summed E-state index contributed by atoms with van der Waals surface area (Å²) < 4.78 is 4.67. The van der Waals surface area contributed by atoms with E-state index >= 15 is 0 Å². The molecule has 0 bridgehead atoms. The first-order valence-electron chi connectivity index (χ1n) is 3.75. The van der Waals surface area contributed by atoms with E-state index in [9.17, 15) is 20.2 Å². The van der Waals surface area contributed by atoms with Gasteiger partial charge in [0.15, 0.2) is 0 Å². The van der Waals surface area contributed by atoms with Gasteiger partial charge in [-0.25, -0.2) is 0 Å². The molecule has 7 nitrogen and oxygen atoms in total. The molecular weight excluding hydrogens is 263 g/mol. The third-order valence-corrected chi connectivity index (χ3v) is 2.56. The first kappa shape index (κ1) is 12.5. The minimum Gasteiger partial charge on any atom is -0.489 e. The van der Waals surface area contributed by atoms with Crippen LogP contribution in [0.25, 0.3) is 0 Å². The van der Waals surface area contributed by atoms with Crippen molar-refractivity contribution < 1.29 is 14.6 Å². The van der Waals surface area contributed by atoms with Gasteiger partial charge < -0.3 is 4.74 Å². The van der Waals surface area contributed by atoms with Crippen LogP contribution in [0, 0.1) is 20.2 Å². The van der Waals surface area contributed by atoms with Crippen molar-refractivity contribution in [3.05, 3.63) is 36.3 Å². The van der Waals surface area contributed by atoms with Crippen LogP contribution < -0.4 is 4.74 Å². The molecule has 0 aliphatic rings. The Labute approximate surface area is 98.8 Å². The molecule has 1 aromatic carbocycles. The number of nitrogens with zero attached hydrogens (tertiary/aromatic N) is 2. The van der Waals surface area contributed by atoms with Crippen LogP contribution in [-0.2, 0) is 0 Å². The molecule has 0 atom stereocenters. The smallest absolute Gasteiger partial charge is 0.319 e. The molecule has 0 saturated carbocycles. The van der Waals surface area contributed by atoms with Crippen molar-refractivity contribution in [2.45, 2.75) is 0 Å². The lowest BCUT2D eigenvalue weighted by molar-refractivity contribution is -0.394. The Kier molecular flexibility index (Phi) is 3.51.